The predicted octanol–water partition coefficient (Wildman–Crippen LogP) is 2.34. The van der Waals surface area contributed by atoms with Gasteiger partial charge in [-0.3, -0.25) is 4.79 Å². The van der Waals surface area contributed by atoms with Crippen molar-refractivity contribution in [2.24, 2.45) is 0 Å². The highest BCUT2D eigenvalue weighted by atomic mass is 16.6. The number of carbonyl (C=O) groups is 1. The third kappa shape index (κ3) is 3.38. The third-order valence-corrected chi connectivity index (χ3v) is 4.16. The summed E-state index contributed by atoms with van der Waals surface area (Å²) in [6.45, 7) is 0.958. The lowest BCUT2D eigenvalue weighted by molar-refractivity contribution is 0.0981. The largest absolute Gasteiger partial charge is 0.486 e. The maximum Gasteiger partial charge on any atom is 0.316 e. The molecule has 1 N–H and O–H groups in total. The van der Waals surface area contributed by atoms with E-state index in [1.165, 1.54) is 0 Å². The van der Waals surface area contributed by atoms with E-state index in [2.05, 4.69) is 25.8 Å². The summed E-state index contributed by atoms with van der Waals surface area (Å²) in [5.41, 5.74) is 1.75. The summed E-state index contributed by atoms with van der Waals surface area (Å²) in [5, 5.41) is 14.6. The summed E-state index contributed by atoms with van der Waals surface area (Å²) >= 11 is 0. The average molecular weight is 390 g/mol. The van der Waals surface area contributed by atoms with Gasteiger partial charge in [-0.2, -0.15) is 4.98 Å². The Morgan fingerprint density at radius 2 is 1.86 bits per heavy atom. The van der Waals surface area contributed by atoms with Gasteiger partial charge in [-0.05, 0) is 24.3 Å². The highest BCUT2D eigenvalue weighted by Gasteiger charge is 2.19. The van der Waals surface area contributed by atoms with E-state index >= 15 is 0 Å². The van der Waals surface area contributed by atoms with E-state index in [-0.39, 0.29) is 11.7 Å². The molecule has 1 aliphatic rings. The first-order valence-corrected chi connectivity index (χ1v) is 8.79. The maximum absolute atomic E-state index is 12.4. The molecule has 29 heavy (non-hydrogen) atoms. The molecule has 0 fully saturated rings. The Hall–Kier alpha value is -4.21. The van der Waals surface area contributed by atoms with Crippen molar-refractivity contribution in [2.45, 2.75) is 0 Å². The normalized spacial score (nSPS) is 12.6. The smallest absolute Gasteiger partial charge is 0.316 e. The van der Waals surface area contributed by atoms with Crippen LogP contribution in [0.4, 0.5) is 5.69 Å². The molecular weight excluding hydrogens is 376 g/mol. The molecule has 3 heterocycles. The van der Waals surface area contributed by atoms with Crippen molar-refractivity contribution in [3.05, 3.63) is 60.6 Å². The fourth-order valence-corrected chi connectivity index (χ4v) is 2.80. The summed E-state index contributed by atoms with van der Waals surface area (Å²) < 4.78 is 17.6. The van der Waals surface area contributed by atoms with Crippen LogP contribution in [0.2, 0.25) is 0 Å². The number of fused-ring (bicyclic) bond motifs is 1. The van der Waals surface area contributed by atoms with E-state index in [1.54, 1.807) is 29.1 Å². The number of nitrogens with zero attached hydrogens (tertiary/aromatic N) is 5. The van der Waals surface area contributed by atoms with E-state index in [1.807, 2.05) is 30.3 Å². The van der Waals surface area contributed by atoms with Gasteiger partial charge < -0.3 is 19.3 Å². The van der Waals surface area contributed by atoms with Crippen LogP contribution >= 0.6 is 0 Å². The molecule has 1 amide bonds. The SMILES string of the molecule is O=C(Nc1ccc2c(c1)OCCO2)c1nc(-c2cn(-c3ccccc3)nn2)no1. The van der Waals surface area contributed by atoms with E-state index in [9.17, 15) is 4.79 Å². The summed E-state index contributed by atoms with van der Waals surface area (Å²) in [5.74, 6) is 0.633. The highest BCUT2D eigenvalue weighted by molar-refractivity contribution is 6.01. The number of para-hydroxylation sites is 1. The van der Waals surface area contributed by atoms with Gasteiger partial charge in [0, 0.05) is 11.8 Å². The molecular formula is C19H14N6O4. The zero-order chi connectivity index (χ0) is 19.6. The number of ether oxygens (including phenoxy) is 2. The minimum absolute atomic E-state index is 0.166. The number of anilines is 1. The number of hydrogen-bond acceptors (Lipinski definition) is 8. The maximum atomic E-state index is 12.4. The van der Waals surface area contributed by atoms with Crippen molar-refractivity contribution in [1.82, 2.24) is 25.1 Å². The number of amides is 1. The lowest BCUT2D eigenvalue weighted by Crippen LogP contribution is -2.16. The topological polar surface area (TPSA) is 117 Å². The van der Waals surface area contributed by atoms with Crippen LogP contribution in [0.5, 0.6) is 11.5 Å². The molecule has 1 aliphatic heterocycles. The van der Waals surface area contributed by atoms with Gasteiger partial charge in [-0.25, -0.2) is 4.68 Å². The minimum Gasteiger partial charge on any atom is -0.486 e. The average Bonchev–Trinajstić information content (AvgIpc) is 3.44. The van der Waals surface area contributed by atoms with Gasteiger partial charge in [0.05, 0.1) is 11.9 Å². The Labute approximate surface area is 164 Å². The van der Waals surface area contributed by atoms with Crippen molar-refractivity contribution < 1.29 is 18.8 Å². The molecule has 0 radical (unpaired) electrons. The van der Waals surface area contributed by atoms with Crippen molar-refractivity contribution in [1.29, 1.82) is 0 Å². The molecule has 10 heteroatoms. The summed E-state index contributed by atoms with van der Waals surface area (Å²) in [6, 6.07) is 14.6. The molecule has 5 rings (SSSR count). The molecule has 0 unspecified atom stereocenters. The van der Waals surface area contributed by atoms with Gasteiger partial charge in [-0.1, -0.05) is 28.6 Å². The van der Waals surface area contributed by atoms with Crippen molar-refractivity contribution in [2.75, 3.05) is 18.5 Å². The number of benzene rings is 2. The van der Waals surface area contributed by atoms with Gasteiger partial charge in [0.15, 0.2) is 17.2 Å². The second kappa shape index (κ2) is 7.08. The van der Waals surface area contributed by atoms with Gasteiger partial charge >= 0.3 is 11.8 Å². The molecule has 4 aromatic rings. The lowest BCUT2D eigenvalue weighted by Gasteiger charge is -2.18. The van der Waals surface area contributed by atoms with E-state index in [0.717, 1.165) is 5.69 Å². The quantitative estimate of drug-likeness (QED) is 0.564. The molecule has 0 saturated carbocycles. The van der Waals surface area contributed by atoms with E-state index in [0.29, 0.717) is 36.1 Å². The molecule has 0 bridgehead atoms. The number of aromatic nitrogens is 5. The third-order valence-electron chi connectivity index (χ3n) is 4.16. The summed E-state index contributed by atoms with van der Waals surface area (Å²) in [4.78, 5) is 16.5. The molecule has 10 nitrogen and oxygen atoms in total. The molecule has 0 spiro atoms. The predicted molar refractivity (Wildman–Crippen MR) is 100 cm³/mol. The van der Waals surface area contributed by atoms with Crippen LogP contribution in [0, 0.1) is 0 Å². The summed E-state index contributed by atoms with van der Waals surface area (Å²) in [7, 11) is 0. The Bertz CT molecular complexity index is 1170. The Morgan fingerprint density at radius 1 is 1.03 bits per heavy atom. The van der Waals surface area contributed by atoms with Gasteiger partial charge in [-0.15, -0.1) is 5.10 Å². The molecule has 0 saturated heterocycles. The van der Waals surface area contributed by atoms with Crippen LogP contribution in [-0.4, -0.2) is 44.3 Å². The highest BCUT2D eigenvalue weighted by Crippen LogP contribution is 2.32. The second-order valence-electron chi connectivity index (χ2n) is 6.12. The van der Waals surface area contributed by atoms with Crippen LogP contribution < -0.4 is 14.8 Å². The standard InChI is InChI=1S/C19H14N6O4/c26-18(20-12-6-7-15-16(10-12)28-9-8-27-15)19-21-17(23-29-19)14-11-25(24-22-14)13-4-2-1-3-5-13/h1-7,10-11H,8-9H2,(H,20,26). The van der Waals surface area contributed by atoms with Gasteiger partial charge in [0.25, 0.3) is 0 Å². The zero-order valence-corrected chi connectivity index (χ0v) is 15.0. The van der Waals surface area contributed by atoms with Crippen LogP contribution in [0.1, 0.15) is 10.7 Å². The van der Waals surface area contributed by atoms with Gasteiger partial charge in [0.2, 0.25) is 5.82 Å². The van der Waals surface area contributed by atoms with Crippen molar-refractivity contribution in [3.63, 3.8) is 0 Å². The molecule has 2 aromatic heterocycles. The molecule has 0 atom stereocenters. The number of rotatable bonds is 4. The Balaban J connectivity index is 1.32. The Morgan fingerprint density at radius 3 is 2.72 bits per heavy atom. The lowest BCUT2D eigenvalue weighted by atomic mass is 10.2. The number of hydrogen-bond donors (Lipinski definition) is 1. The molecule has 0 aliphatic carbocycles. The fourth-order valence-electron chi connectivity index (χ4n) is 2.80. The minimum atomic E-state index is -0.545. The van der Waals surface area contributed by atoms with Crippen LogP contribution in [0.3, 0.4) is 0 Å². The fraction of sp³-hybridized carbons (Fsp3) is 0.105. The first-order valence-electron chi connectivity index (χ1n) is 8.79. The van der Waals surface area contributed by atoms with E-state index in [4.69, 9.17) is 14.0 Å². The van der Waals surface area contributed by atoms with Crippen molar-refractivity contribution >= 4 is 11.6 Å². The second-order valence-corrected chi connectivity index (χ2v) is 6.12. The van der Waals surface area contributed by atoms with Crippen LogP contribution in [-0.2, 0) is 0 Å². The van der Waals surface area contributed by atoms with Crippen LogP contribution in [0.25, 0.3) is 17.2 Å². The monoisotopic (exact) mass is 390 g/mol. The first kappa shape index (κ1) is 16.9. The molecule has 144 valence electrons. The van der Waals surface area contributed by atoms with E-state index < -0.39 is 5.91 Å². The Kier molecular flexibility index (Phi) is 4.13. The van der Waals surface area contributed by atoms with Crippen LogP contribution in [0.15, 0.2) is 59.3 Å². The van der Waals surface area contributed by atoms with Crippen molar-refractivity contribution in [3.8, 4) is 28.7 Å². The van der Waals surface area contributed by atoms with Gasteiger partial charge in [0.1, 0.15) is 13.2 Å². The molecule has 2 aromatic carbocycles. The number of carbonyl (C=O) groups excluding carboxylic acids is 1. The number of nitrogens with one attached hydrogen (secondary N) is 1. The summed E-state index contributed by atoms with van der Waals surface area (Å²) in [6.07, 6.45) is 1.66. The first-order chi connectivity index (χ1) is 14.3. The zero-order valence-electron chi connectivity index (χ0n) is 15.0.